The van der Waals surface area contributed by atoms with E-state index < -0.39 is 11.9 Å². The second-order valence-corrected chi connectivity index (χ2v) is 6.30. The molecule has 0 aromatic heterocycles. The number of benzene rings is 2. The molecule has 0 atom stereocenters. The Kier molecular flexibility index (Phi) is 6.48. The molecule has 0 saturated carbocycles. The van der Waals surface area contributed by atoms with Gasteiger partial charge in [0.05, 0.1) is 11.1 Å². The Balaban J connectivity index is 0.00000288. The number of rotatable bonds is 4. The van der Waals surface area contributed by atoms with Gasteiger partial charge in [-0.2, -0.15) is 0 Å². The van der Waals surface area contributed by atoms with E-state index >= 15 is 0 Å². The van der Waals surface area contributed by atoms with Crippen molar-refractivity contribution in [3.05, 3.63) is 57.6 Å². The number of hydrogen-bond acceptors (Lipinski definition) is 5. The smallest absolute Gasteiger partial charge is 0.336 e. The molecule has 5 N–H and O–H groups in total. The number of carboxylic acid groups (broad SMARTS) is 2. The molecule has 0 amide bonds. The summed E-state index contributed by atoms with van der Waals surface area (Å²) in [5, 5.41) is 18.5. The minimum Gasteiger partial charge on any atom is -0.478 e. The highest BCUT2D eigenvalue weighted by atomic mass is 32.1. The minimum absolute atomic E-state index is 0. The molecule has 2 rings (SSSR count). The maximum atomic E-state index is 11.3. The van der Waals surface area contributed by atoms with Crippen molar-refractivity contribution >= 4 is 37.2 Å². The highest BCUT2D eigenvalue weighted by Gasteiger charge is 2.14. The summed E-state index contributed by atoms with van der Waals surface area (Å²) in [4.78, 5) is 23.4. The Hall–Kier alpha value is -1.96. The molecular formula is C17H19NO4S2. The predicted molar refractivity (Wildman–Crippen MR) is 98.6 cm³/mol. The molecule has 128 valence electrons. The van der Waals surface area contributed by atoms with Crippen molar-refractivity contribution in [3.8, 4) is 0 Å². The molecule has 24 heavy (non-hydrogen) atoms. The molecule has 0 fully saturated rings. The fourth-order valence-corrected chi connectivity index (χ4v) is 2.92. The molecule has 0 spiro atoms. The summed E-state index contributed by atoms with van der Waals surface area (Å²) in [6.07, 6.45) is 0.435. The van der Waals surface area contributed by atoms with Crippen molar-refractivity contribution < 1.29 is 19.8 Å². The molecule has 5 nitrogen and oxygen atoms in total. The van der Waals surface area contributed by atoms with Crippen LogP contribution in [0, 0.1) is 13.8 Å². The van der Waals surface area contributed by atoms with Crippen LogP contribution in [0.15, 0.2) is 34.1 Å². The van der Waals surface area contributed by atoms with E-state index in [1.165, 1.54) is 0 Å². The molecule has 0 unspecified atom stereocenters. The average molecular weight is 365 g/mol. The molecule has 7 heteroatoms. The zero-order chi connectivity index (χ0) is 17.3. The summed E-state index contributed by atoms with van der Waals surface area (Å²) in [7, 11) is 0. The van der Waals surface area contributed by atoms with Crippen LogP contribution in [0.3, 0.4) is 0 Å². The molecule has 0 radical (unpaired) electrons. The maximum Gasteiger partial charge on any atom is 0.336 e. The van der Waals surface area contributed by atoms with Crippen LogP contribution in [0.1, 0.15) is 43.0 Å². The molecular weight excluding hydrogens is 346 g/mol. The molecule has 0 aliphatic heterocycles. The zero-order valence-corrected chi connectivity index (χ0v) is 15.1. The summed E-state index contributed by atoms with van der Waals surface area (Å²) in [6.45, 7) is 3.59. The minimum atomic E-state index is -1.03. The van der Waals surface area contributed by atoms with Crippen LogP contribution in [0.5, 0.6) is 0 Å². The molecule has 2 aromatic carbocycles. The lowest BCUT2D eigenvalue weighted by atomic mass is 9.97. The average Bonchev–Trinajstić information content (AvgIpc) is 2.45. The second kappa shape index (κ2) is 7.74. The van der Waals surface area contributed by atoms with Gasteiger partial charge in [-0.05, 0) is 54.7 Å². The number of aryl methyl sites for hydroxylation is 2. The van der Waals surface area contributed by atoms with E-state index in [1.807, 2.05) is 12.1 Å². The fourth-order valence-electron chi connectivity index (χ4n) is 2.47. The fraction of sp³-hybridized carbons (Fsp3) is 0.176. The van der Waals surface area contributed by atoms with Gasteiger partial charge in [-0.3, -0.25) is 0 Å². The van der Waals surface area contributed by atoms with Gasteiger partial charge in [0.25, 0.3) is 0 Å². The lowest BCUT2D eigenvalue weighted by molar-refractivity contribution is 0.0682. The van der Waals surface area contributed by atoms with Crippen molar-refractivity contribution in [1.29, 1.82) is 0 Å². The van der Waals surface area contributed by atoms with Crippen LogP contribution in [-0.2, 0) is 6.42 Å². The first-order chi connectivity index (χ1) is 10.7. The van der Waals surface area contributed by atoms with Gasteiger partial charge in [0, 0.05) is 9.79 Å². The van der Waals surface area contributed by atoms with Crippen molar-refractivity contribution in [2.45, 2.75) is 30.1 Å². The first kappa shape index (κ1) is 20.1. The first-order valence-corrected chi connectivity index (χ1v) is 7.71. The molecule has 0 heterocycles. The molecule has 0 aliphatic rings. The number of carboxylic acids is 2. The maximum absolute atomic E-state index is 11.3. The zero-order valence-electron chi connectivity index (χ0n) is 13.3. The standard InChI is InChI=1S/C17H16O4S2.H3N/c1-8-3-10(6-12(14(8)22)16(18)19)5-11-4-9(2)15(23)13(7-11)17(20)21;/h3-4,6-7,22-23H,5H2,1-2H3,(H,18,19)(H,20,21);1H3. The summed E-state index contributed by atoms with van der Waals surface area (Å²) >= 11 is 8.46. The molecule has 0 saturated heterocycles. The third-order valence-electron chi connectivity index (χ3n) is 3.59. The monoisotopic (exact) mass is 365 g/mol. The molecule has 2 aromatic rings. The van der Waals surface area contributed by atoms with Crippen molar-refractivity contribution in [2.75, 3.05) is 0 Å². The number of thiol groups is 2. The van der Waals surface area contributed by atoms with E-state index in [9.17, 15) is 19.8 Å². The Morgan fingerprint density at radius 2 is 1.17 bits per heavy atom. The Morgan fingerprint density at radius 3 is 1.46 bits per heavy atom. The predicted octanol–water partition coefficient (Wildman–Crippen LogP) is 4.03. The Morgan fingerprint density at radius 1 is 0.833 bits per heavy atom. The number of hydrogen-bond donors (Lipinski definition) is 5. The Labute approximate surface area is 151 Å². The summed E-state index contributed by atoms with van der Waals surface area (Å²) < 4.78 is 0. The van der Waals surface area contributed by atoms with Crippen LogP contribution in [-0.4, -0.2) is 22.2 Å². The Bertz CT molecular complexity index is 751. The summed E-state index contributed by atoms with van der Waals surface area (Å²) in [5.41, 5.74) is 3.41. The number of aromatic carboxylic acids is 2. The normalized spacial score (nSPS) is 10.2. The highest BCUT2D eigenvalue weighted by molar-refractivity contribution is 7.80. The number of carbonyl (C=O) groups is 2. The van der Waals surface area contributed by atoms with E-state index in [0.717, 1.165) is 22.3 Å². The van der Waals surface area contributed by atoms with Crippen LogP contribution in [0.25, 0.3) is 0 Å². The first-order valence-electron chi connectivity index (χ1n) is 6.82. The van der Waals surface area contributed by atoms with Gasteiger partial charge in [-0.1, -0.05) is 12.1 Å². The van der Waals surface area contributed by atoms with Gasteiger partial charge in [0.1, 0.15) is 0 Å². The van der Waals surface area contributed by atoms with E-state index in [-0.39, 0.29) is 17.3 Å². The van der Waals surface area contributed by atoms with E-state index in [1.54, 1.807) is 26.0 Å². The lowest BCUT2D eigenvalue weighted by Crippen LogP contribution is -2.04. The van der Waals surface area contributed by atoms with Crippen LogP contribution >= 0.6 is 25.3 Å². The van der Waals surface area contributed by atoms with Gasteiger partial charge in [0.15, 0.2) is 0 Å². The SMILES string of the molecule is Cc1cc(Cc2cc(C)c(S)c(C(=O)O)c2)cc(C(=O)O)c1S.N. The van der Waals surface area contributed by atoms with Crippen LogP contribution in [0.2, 0.25) is 0 Å². The van der Waals surface area contributed by atoms with Gasteiger partial charge < -0.3 is 16.4 Å². The second-order valence-electron chi connectivity index (χ2n) is 5.40. The summed E-state index contributed by atoms with van der Waals surface area (Å²) in [5.74, 6) is -2.07. The van der Waals surface area contributed by atoms with Crippen LogP contribution < -0.4 is 6.15 Å². The third-order valence-corrected chi connectivity index (χ3v) is 4.78. The molecule has 0 bridgehead atoms. The lowest BCUT2D eigenvalue weighted by Gasteiger charge is -2.11. The highest BCUT2D eigenvalue weighted by Crippen LogP contribution is 2.26. The van der Waals surface area contributed by atoms with Gasteiger partial charge in [0.2, 0.25) is 0 Å². The van der Waals surface area contributed by atoms with E-state index in [4.69, 9.17) is 0 Å². The van der Waals surface area contributed by atoms with Gasteiger partial charge in [-0.15, -0.1) is 25.3 Å². The quantitative estimate of drug-likeness (QED) is 0.526. The van der Waals surface area contributed by atoms with Crippen molar-refractivity contribution in [1.82, 2.24) is 6.15 Å². The topological polar surface area (TPSA) is 110 Å². The van der Waals surface area contributed by atoms with Gasteiger partial charge >= 0.3 is 11.9 Å². The summed E-state index contributed by atoms with van der Waals surface area (Å²) in [6, 6.07) is 6.86. The van der Waals surface area contributed by atoms with Crippen LogP contribution in [0.4, 0.5) is 0 Å². The third kappa shape index (κ3) is 4.11. The van der Waals surface area contributed by atoms with Crippen molar-refractivity contribution in [3.63, 3.8) is 0 Å². The molecule has 0 aliphatic carbocycles. The van der Waals surface area contributed by atoms with Crippen molar-refractivity contribution in [2.24, 2.45) is 0 Å². The van der Waals surface area contributed by atoms with Gasteiger partial charge in [-0.25, -0.2) is 9.59 Å². The largest absolute Gasteiger partial charge is 0.478 e. The van der Waals surface area contributed by atoms with E-state index in [0.29, 0.717) is 16.2 Å². The van der Waals surface area contributed by atoms with E-state index in [2.05, 4.69) is 25.3 Å².